The molecule has 1 aromatic carbocycles. The van der Waals surface area contributed by atoms with Gasteiger partial charge < -0.3 is 15.7 Å². The molecule has 3 N–H and O–H groups in total. The fraction of sp³-hybridized carbons (Fsp3) is 0.417. The lowest BCUT2D eigenvalue weighted by molar-refractivity contribution is 0.0794. The molecule has 0 fully saturated rings. The summed E-state index contributed by atoms with van der Waals surface area (Å²) in [6.07, 6.45) is 0.778. The van der Waals surface area contributed by atoms with Crippen molar-refractivity contribution in [1.82, 2.24) is 4.90 Å². The molecule has 88 valence electrons. The maximum atomic E-state index is 11.9. The van der Waals surface area contributed by atoms with Gasteiger partial charge >= 0.3 is 0 Å². The molecule has 1 amide bonds. The van der Waals surface area contributed by atoms with E-state index < -0.39 is 0 Å². The summed E-state index contributed by atoms with van der Waals surface area (Å²) >= 11 is 0. The standard InChI is InChI=1S/C12H18N2O2/c1-9-4-5-10(8-11(9)15)12(16)14(2)7-3-6-13/h4-5,8,15H,3,6-7,13H2,1-2H3. The number of phenols is 1. The summed E-state index contributed by atoms with van der Waals surface area (Å²) in [4.78, 5) is 13.5. The molecule has 1 aromatic rings. The highest BCUT2D eigenvalue weighted by atomic mass is 16.3. The van der Waals surface area contributed by atoms with Crippen molar-refractivity contribution in [2.24, 2.45) is 5.73 Å². The highest BCUT2D eigenvalue weighted by Crippen LogP contribution is 2.18. The Kier molecular flexibility index (Phi) is 4.31. The average molecular weight is 222 g/mol. The van der Waals surface area contributed by atoms with Gasteiger partial charge in [-0.15, -0.1) is 0 Å². The first kappa shape index (κ1) is 12.5. The van der Waals surface area contributed by atoms with Crippen molar-refractivity contribution in [2.45, 2.75) is 13.3 Å². The van der Waals surface area contributed by atoms with Crippen molar-refractivity contribution in [3.63, 3.8) is 0 Å². The second kappa shape index (κ2) is 5.51. The number of hydrogen-bond acceptors (Lipinski definition) is 3. The number of aromatic hydroxyl groups is 1. The van der Waals surface area contributed by atoms with Gasteiger partial charge in [-0.2, -0.15) is 0 Å². The molecule has 0 heterocycles. The lowest BCUT2D eigenvalue weighted by Crippen LogP contribution is -2.28. The molecule has 16 heavy (non-hydrogen) atoms. The molecule has 0 saturated heterocycles. The first-order chi connectivity index (χ1) is 7.56. The van der Waals surface area contributed by atoms with E-state index in [-0.39, 0.29) is 11.7 Å². The van der Waals surface area contributed by atoms with Gasteiger partial charge in [0, 0.05) is 19.2 Å². The second-order valence-corrected chi connectivity index (χ2v) is 3.87. The van der Waals surface area contributed by atoms with Gasteiger partial charge in [-0.1, -0.05) is 6.07 Å². The van der Waals surface area contributed by atoms with E-state index in [0.29, 0.717) is 18.7 Å². The van der Waals surface area contributed by atoms with Gasteiger partial charge in [0.1, 0.15) is 5.75 Å². The van der Waals surface area contributed by atoms with Gasteiger partial charge in [-0.3, -0.25) is 4.79 Å². The number of carbonyl (C=O) groups is 1. The van der Waals surface area contributed by atoms with E-state index in [1.807, 2.05) is 0 Å². The number of amides is 1. The van der Waals surface area contributed by atoms with Gasteiger partial charge in [0.2, 0.25) is 0 Å². The quantitative estimate of drug-likeness (QED) is 0.802. The molecule has 0 radical (unpaired) electrons. The average Bonchev–Trinajstić information content (AvgIpc) is 2.28. The minimum atomic E-state index is -0.0937. The first-order valence-corrected chi connectivity index (χ1v) is 5.31. The fourth-order valence-electron chi connectivity index (χ4n) is 1.39. The normalized spacial score (nSPS) is 10.2. The van der Waals surface area contributed by atoms with Crippen molar-refractivity contribution in [1.29, 1.82) is 0 Å². The summed E-state index contributed by atoms with van der Waals surface area (Å²) in [7, 11) is 1.73. The smallest absolute Gasteiger partial charge is 0.253 e. The third-order valence-electron chi connectivity index (χ3n) is 2.50. The number of phenolic OH excluding ortho intramolecular Hbond substituents is 1. The molecule has 0 saturated carbocycles. The SMILES string of the molecule is Cc1ccc(C(=O)N(C)CCCN)cc1O. The Morgan fingerprint density at radius 2 is 2.19 bits per heavy atom. The highest BCUT2D eigenvalue weighted by molar-refractivity contribution is 5.94. The van der Waals surface area contributed by atoms with Crippen LogP contribution in [0.4, 0.5) is 0 Å². The van der Waals surface area contributed by atoms with Gasteiger partial charge in [-0.25, -0.2) is 0 Å². The fourth-order valence-corrected chi connectivity index (χ4v) is 1.39. The third-order valence-corrected chi connectivity index (χ3v) is 2.50. The van der Waals surface area contributed by atoms with E-state index in [2.05, 4.69) is 0 Å². The number of rotatable bonds is 4. The van der Waals surface area contributed by atoms with Crippen LogP contribution >= 0.6 is 0 Å². The molecule has 4 nitrogen and oxygen atoms in total. The number of hydrogen-bond donors (Lipinski definition) is 2. The zero-order valence-electron chi connectivity index (χ0n) is 9.73. The molecule has 0 bridgehead atoms. The van der Waals surface area contributed by atoms with Crippen LogP contribution in [0.25, 0.3) is 0 Å². The topological polar surface area (TPSA) is 66.6 Å². The van der Waals surface area contributed by atoms with Gasteiger partial charge in [0.25, 0.3) is 5.91 Å². The predicted molar refractivity (Wildman–Crippen MR) is 63.5 cm³/mol. The summed E-state index contributed by atoms with van der Waals surface area (Å²) in [6.45, 7) is 2.99. The van der Waals surface area contributed by atoms with Gasteiger partial charge in [-0.05, 0) is 37.6 Å². The molecule has 0 aliphatic rings. The van der Waals surface area contributed by atoms with E-state index in [1.165, 1.54) is 6.07 Å². The molecular formula is C12H18N2O2. The zero-order chi connectivity index (χ0) is 12.1. The van der Waals surface area contributed by atoms with Crippen molar-refractivity contribution in [3.05, 3.63) is 29.3 Å². The lowest BCUT2D eigenvalue weighted by atomic mass is 10.1. The van der Waals surface area contributed by atoms with Gasteiger partial charge in [0.15, 0.2) is 0 Å². The summed E-state index contributed by atoms with van der Waals surface area (Å²) in [6, 6.07) is 4.95. The zero-order valence-corrected chi connectivity index (χ0v) is 9.73. The maximum Gasteiger partial charge on any atom is 0.253 e. The molecule has 1 rings (SSSR count). The molecule has 0 spiro atoms. The first-order valence-electron chi connectivity index (χ1n) is 5.31. The minimum absolute atomic E-state index is 0.0937. The highest BCUT2D eigenvalue weighted by Gasteiger charge is 2.12. The Labute approximate surface area is 95.7 Å². The molecule has 0 aromatic heterocycles. The minimum Gasteiger partial charge on any atom is -0.508 e. The lowest BCUT2D eigenvalue weighted by Gasteiger charge is -2.16. The Hall–Kier alpha value is -1.55. The van der Waals surface area contributed by atoms with E-state index in [1.54, 1.807) is 31.0 Å². The second-order valence-electron chi connectivity index (χ2n) is 3.87. The van der Waals surface area contributed by atoms with Crippen molar-refractivity contribution in [3.8, 4) is 5.75 Å². The molecular weight excluding hydrogens is 204 g/mol. The predicted octanol–water partition coefficient (Wildman–Crippen LogP) is 1.12. The van der Waals surface area contributed by atoms with E-state index >= 15 is 0 Å². The van der Waals surface area contributed by atoms with E-state index in [4.69, 9.17) is 5.73 Å². The summed E-state index contributed by atoms with van der Waals surface area (Å²) in [5.41, 5.74) is 6.65. The number of nitrogens with zero attached hydrogens (tertiary/aromatic N) is 1. The molecule has 0 aliphatic heterocycles. The molecule has 0 aliphatic carbocycles. The summed E-state index contributed by atoms with van der Waals surface area (Å²) in [5.74, 6) is 0.0572. The number of nitrogens with two attached hydrogens (primary N) is 1. The van der Waals surface area contributed by atoms with Crippen molar-refractivity contribution >= 4 is 5.91 Å². The van der Waals surface area contributed by atoms with Crippen LogP contribution in [0.1, 0.15) is 22.3 Å². The largest absolute Gasteiger partial charge is 0.508 e. The summed E-state index contributed by atoms with van der Waals surface area (Å²) in [5, 5.41) is 9.52. The van der Waals surface area contributed by atoms with E-state index in [9.17, 15) is 9.90 Å². The Morgan fingerprint density at radius 3 is 2.75 bits per heavy atom. The molecule has 0 unspecified atom stereocenters. The van der Waals surface area contributed by atoms with Crippen LogP contribution in [0.5, 0.6) is 5.75 Å². The number of benzene rings is 1. The Balaban J connectivity index is 2.76. The number of aryl methyl sites for hydroxylation is 1. The Bertz CT molecular complexity index is 377. The monoisotopic (exact) mass is 222 g/mol. The molecule has 0 atom stereocenters. The van der Waals surface area contributed by atoms with Crippen LogP contribution in [0.15, 0.2) is 18.2 Å². The summed E-state index contributed by atoms with van der Waals surface area (Å²) < 4.78 is 0. The van der Waals surface area contributed by atoms with Crippen LogP contribution in [-0.4, -0.2) is 36.1 Å². The van der Waals surface area contributed by atoms with E-state index in [0.717, 1.165) is 12.0 Å². The maximum absolute atomic E-state index is 11.9. The van der Waals surface area contributed by atoms with Crippen LogP contribution in [0.2, 0.25) is 0 Å². The third kappa shape index (κ3) is 2.97. The van der Waals surface area contributed by atoms with Crippen LogP contribution in [0.3, 0.4) is 0 Å². The molecule has 4 heteroatoms. The van der Waals surface area contributed by atoms with Crippen molar-refractivity contribution < 1.29 is 9.90 Å². The van der Waals surface area contributed by atoms with Gasteiger partial charge in [0.05, 0.1) is 0 Å². The van der Waals surface area contributed by atoms with Crippen LogP contribution in [-0.2, 0) is 0 Å². The van der Waals surface area contributed by atoms with Crippen molar-refractivity contribution in [2.75, 3.05) is 20.1 Å². The number of carbonyl (C=O) groups excluding carboxylic acids is 1. The van der Waals surface area contributed by atoms with Crippen LogP contribution in [0, 0.1) is 6.92 Å². The Morgan fingerprint density at radius 1 is 1.50 bits per heavy atom. The van der Waals surface area contributed by atoms with Crippen LogP contribution < -0.4 is 5.73 Å².